The first-order valence-electron chi connectivity index (χ1n) is 9.27. The Morgan fingerprint density at radius 1 is 1.32 bits per heavy atom. The van der Waals surface area contributed by atoms with Crippen molar-refractivity contribution in [1.82, 2.24) is 10.2 Å². The molecule has 0 aliphatic carbocycles. The van der Waals surface area contributed by atoms with Crippen LogP contribution in [0.15, 0.2) is 18.2 Å². The fraction of sp³-hybridized carbons (Fsp3) is 0.474. The van der Waals surface area contributed by atoms with Crippen LogP contribution in [0.3, 0.4) is 0 Å². The van der Waals surface area contributed by atoms with Crippen LogP contribution in [0.2, 0.25) is 5.02 Å². The monoisotopic (exact) mass is 404 g/mol. The molecule has 2 fully saturated rings. The summed E-state index contributed by atoms with van der Waals surface area (Å²) in [5, 5.41) is 6.22. The molecule has 3 aliphatic heterocycles. The molecule has 0 bridgehead atoms. The molecule has 1 spiro atoms. The van der Waals surface area contributed by atoms with Crippen molar-refractivity contribution in [2.45, 2.75) is 44.3 Å². The predicted octanol–water partition coefficient (Wildman–Crippen LogP) is 0.734. The minimum Gasteiger partial charge on any atom is -0.370 e. The van der Waals surface area contributed by atoms with Gasteiger partial charge in [-0.1, -0.05) is 30.7 Å². The molecule has 0 aromatic heterocycles. The van der Waals surface area contributed by atoms with Crippen molar-refractivity contribution in [1.29, 1.82) is 0 Å². The Kier molecular flexibility index (Phi) is 4.24. The van der Waals surface area contributed by atoms with Crippen molar-refractivity contribution in [2.24, 2.45) is 17.6 Å². The van der Waals surface area contributed by atoms with Crippen molar-refractivity contribution in [2.75, 3.05) is 5.32 Å². The van der Waals surface area contributed by atoms with Crippen molar-refractivity contribution in [3.05, 3.63) is 28.8 Å². The molecule has 148 valence electrons. The third-order valence-electron chi connectivity index (χ3n) is 6.19. The van der Waals surface area contributed by atoms with Crippen LogP contribution in [0.5, 0.6) is 0 Å². The number of likely N-dealkylation sites (tertiary alicyclic amines) is 1. The second kappa shape index (κ2) is 6.28. The van der Waals surface area contributed by atoms with Gasteiger partial charge in [-0.3, -0.25) is 29.4 Å². The highest BCUT2D eigenvalue weighted by Gasteiger charge is 2.70. The van der Waals surface area contributed by atoms with E-state index in [9.17, 15) is 19.2 Å². The Balaban J connectivity index is 1.90. The van der Waals surface area contributed by atoms with Gasteiger partial charge < -0.3 is 11.1 Å². The highest BCUT2D eigenvalue weighted by atomic mass is 35.5. The van der Waals surface area contributed by atoms with Gasteiger partial charge in [-0.2, -0.15) is 0 Å². The standard InChI is InChI=1S/C19H21ClN4O4/c1-3-8(2)24-16(26)13-11(7-12(21)25)23-19(14(13)17(24)27)9-5-4-6-10(20)15(9)22-18(19)28/h4-6,8,11,13-14,23H,3,7H2,1-2H3,(H2,21,25)(H,22,28)/t8-,11-,13+,14-,19+/m0/s1. The number of primary amides is 1. The number of fused-ring (bicyclic) bond motifs is 4. The number of nitrogens with one attached hydrogen (secondary N) is 2. The van der Waals surface area contributed by atoms with Crippen LogP contribution in [-0.4, -0.2) is 40.6 Å². The molecule has 2 saturated heterocycles. The number of amides is 4. The molecule has 4 rings (SSSR count). The molecule has 0 saturated carbocycles. The number of benzene rings is 1. The molecule has 3 heterocycles. The smallest absolute Gasteiger partial charge is 0.250 e. The first-order valence-corrected chi connectivity index (χ1v) is 9.65. The predicted molar refractivity (Wildman–Crippen MR) is 101 cm³/mol. The van der Waals surface area contributed by atoms with Gasteiger partial charge in [-0.25, -0.2) is 0 Å². The summed E-state index contributed by atoms with van der Waals surface area (Å²) in [4.78, 5) is 52.6. The van der Waals surface area contributed by atoms with E-state index in [1.165, 1.54) is 4.90 Å². The molecule has 3 aliphatic rings. The van der Waals surface area contributed by atoms with E-state index in [2.05, 4.69) is 10.6 Å². The maximum Gasteiger partial charge on any atom is 0.250 e. The molecule has 8 nitrogen and oxygen atoms in total. The Morgan fingerprint density at radius 2 is 2.04 bits per heavy atom. The van der Waals surface area contributed by atoms with E-state index in [1.54, 1.807) is 25.1 Å². The number of carbonyl (C=O) groups is 4. The molecule has 4 N–H and O–H groups in total. The van der Waals surface area contributed by atoms with E-state index in [1.807, 2.05) is 6.92 Å². The number of hydrogen-bond donors (Lipinski definition) is 3. The number of hydrogen-bond acceptors (Lipinski definition) is 5. The van der Waals surface area contributed by atoms with Crippen LogP contribution in [-0.2, 0) is 24.7 Å². The zero-order chi connectivity index (χ0) is 20.4. The summed E-state index contributed by atoms with van der Waals surface area (Å²) in [6.45, 7) is 3.67. The van der Waals surface area contributed by atoms with Gasteiger partial charge in [0.2, 0.25) is 23.6 Å². The molecule has 0 radical (unpaired) electrons. The molecule has 28 heavy (non-hydrogen) atoms. The average molecular weight is 405 g/mol. The van der Waals surface area contributed by atoms with Gasteiger partial charge in [-0.15, -0.1) is 0 Å². The minimum atomic E-state index is -1.46. The van der Waals surface area contributed by atoms with Crippen LogP contribution in [0.25, 0.3) is 0 Å². The van der Waals surface area contributed by atoms with Crippen molar-refractivity contribution in [3.63, 3.8) is 0 Å². The molecule has 9 heteroatoms. The van der Waals surface area contributed by atoms with Crippen LogP contribution in [0.4, 0.5) is 5.69 Å². The Bertz CT molecular complexity index is 919. The lowest BCUT2D eigenvalue weighted by atomic mass is 9.76. The molecule has 1 aromatic carbocycles. The van der Waals surface area contributed by atoms with Crippen LogP contribution < -0.4 is 16.4 Å². The van der Waals surface area contributed by atoms with Crippen LogP contribution >= 0.6 is 11.6 Å². The fourth-order valence-corrected chi connectivity index (χ4v) is 5.05. The maximum absolute atomic E-state index is 13.4. The van der Waals surface area contributed by atoms with Gasteiger partial charge >= 0.3 is 0 Å². The Hall–Kier alpha value is -2.45. The largest absolute Gasteiger partial charge is 0.370 e. The third kappa shape index (κ3) is 2.28. The molecular formula is C19H21ClN4O4. The van der Waals surface area contributed by atoms with E-state index >= 15 is 0 Å². The van der Waals surface area contributed by atoms with Crippen molar-refractivity contribution in [3.8, 4) is 0 Å². The normalized spacial score (nSPS) is 31.9. The van der Waals surface area contributed by atoms with Gasteiger partial charge in [0.25, 0.3) is 0 Å². The van der Waals surface area contributed by atoms with Crippen molar-refractivity contribution >= 4 is 40.9 Å². The van der Waals surface area contributed by atoms with Gasteiger partial charge in [0, 0.05) is 24.1 Å². The van der Waals surface area contributed by atoms with Gasteiger partial charge in [0.05, 0.1) is 22.5 Å². The van der Waals surface area contributed by atoms with E-state index in [0.717, 1.165) is 0 Å². The quantitative estimate of drug-likeness (QED) is 0.639. The number of nitrogens with two attached hydrogens (primary N) is 1. The highest BCUT2D eigenvalue weighted by Crippen LogP contribution is 2.54. The fourth-order valence-electron chi connectivity index (χ4n) is 4.82. The second-order valence-electron chi connectivity index (χ2n) is 7.65. The number of carbonyl (C=O) groups excluding carboxylic acids is 4. The molecular weight excluding hydrogens is 384 g/mol. The SMILES string of the molecule is CC[C@H](C)N1C(=O)[C@@H]2[C@H](CC(N)=O)N[C@@]3(C(=O)Nc4c(Cl)cccc43)[C@@H]2C1=O. The first kappa shape index (κ1) is 18.9. The maximum atomic E-state index is 13.4. The van der Waals surface area contributed by atoms with E-state index < -0.39 is 41.1 Å². The van der Waals surface area contributed by atoms with Crippen molar-refractivity contribution < 1.29 is 19.2 Å². The lowest BCUT2D eigenvalue weighted by molar-refractivity contribution is -0.145. The lowest BCUT2D eigenvalue weighted by Gasteiger charge is -2.31. The lowest BCUT2D eigenvalue weighted by Crippen LogP contribution is -2.54. The number of rotatable bonds is 4. The average Bonchev–Trinajstić information content (AvgIpc) is 3.21. The topological polar surface area (TPSA) is 122 Å². The summed E-state index contributed by atoms with van der Waals surface area (Å²) in [5.74, 6) is -3.65. The molecule has 0 unspecified atom stereocenters. The number of halogens is 1. The molecule has 4 amide bonds. The molecule has 5 atom stereocenters. The van der Waals surface area contributed by atoms with E-state index in [0.29, 0.717) is 22.7 Å². The van der Waals surface area contributed by atoms with Gasteiger partial charge in [0.1, 0.15) is 5.54 Å². The third-order valence-corrected chi connectivity index (χ3v) is 6.50. The number of nitrogens with zero attached hydrogens (tertiary/aromatic N) is 1. The molecule has 1 aromatic rings. The summed E-state index contributed by atoms with van der Waals surface area (Å²) >= 11 is 6.25. The summed E-state index contributed by atoms with van der Waals surface area (Å²) in [7, 11) is 0. The number of para-hydroxylation sites is 1. The second-order valence-corrected chi connectivity index (χ2v) is 8.06. The Labute approximate surface area is 166 Å². The van der Waals surface area contributed by atoms with Crippen LogP contribution in [0, 0.1) is 11.8 Å². The van der Waals surface area contributed by atoms with E-state index in [4.69, 9.17) is 17.3 Å². The zero-order valence-corrected chi connectivity index (χ0v) is 16.2. The minimum absolute atomic E-state index is 0.153. The first-order chi connectivity index (χ1) is 13.2. The number of anilines is 1. The van der Waals surface area contributed by atoms with E-state index in [-0.39, 0.29) is 18.4 Å². The highest BCUT2D eigenvalue weighted by molar-refractivity contribution is 6.35. The zero-order valence-electron chi connectivity index (χ0n) is 15.5. The Morgan fingerprint density at radius 3 is 2.68 bits per heavy atom. The summed E-state index contributed by atoms with van der Waals surface area (Å²) in [6.07, 6.45) is 0.436. The number of imide groups is 1. The van der Waals surface area contributed by atoms with Gasteiger partial charge in [0.15, 0.2) is 0 Å². The summed E-state index contributed by atoms with van der Waals surface area (Å²) in [6, 6.07) is 4.01. The summed E-state index contributed by atoms with van der Waals surface area (Å²) in [5.41, 5.74) is 4.86. The summed E-state index contributed by atoms with van der Waals surface area (Å²) < 4.78 is 0. The van der Waals surface area contributed by atoms with Crippen LogP contribution in [0.1, 0.15) is 32.3 Å². The van der Waals surface area contributed by atoms with Gasteiger partial charge in [-0.05, 0) is 19.4 Å².